The van der Waals surface area contributed by atoms with Gasteiger partial charge in [0.2, 0.25) is 0 Å². The molecule has 19 heavy (non-hydrogen) atoms. The summed E-state index contributed by atoms with van der Waals surface area (Å²) < 4.78 is 6.40. The Morgan fingerprint density at radius 3 is 2.68 bits per heavy atom. The van der Waals surface area contributed by atoms with Gasteiger partial charge < -0.3 is 9.72 Å². The number of halogens is 1. The molecule has 1 aromatic heterocycles. The molecule has 0 aromatic carbocycles. The van der Waals surface area contributed by atoms with Gasteiger partial charge >= 0.3 is 0 Å². The minimum Gasteiger partial charge on any atom is -0.371 e. The molecule has 1 aliphatic rings. The summed E-state index contributed by atoms with van der Waals surface area (Å²) in [6.07, 6.45) is 5.51. The largest absolute Gasteiger partial charge is 0.371 e. The van der Waals surface area contributed by atoms with Crippen molar-refractivity contribution in [1.82, 2.24) is 9.97 Å². The highest BCUT2D eigenvalue weighted by atomic mass is 127. The molecule has 1 N–H and O–H groups in total. The van der Waals surface area contributed by atoms with E-state index in [0.717, 1.165) is 28.5 Å². The van der Waals surface area contributed by atoms with Gasteiger partial charge in [-0.15, -0.1) is 0 Å². The number of nitrogens with one attached hydrogen (secondary N) is 1. The number of hydrogen-bond donors (Lipinski definition) is 1. The molecule has 0 aliphatic heterocycles. The van der Waals surface area contributed by atoms with Gasteiger partial charge in [-0.05, 0) is 48.8 Å². The van der Waals surface area contributed by atoms with E-state index in [-0.39, 0.29) is 11.7 Å². The summed E-state index contributed by atoms with van der Waals surface area (Å²) in [4.78, 5) is 19.7. The molecule has 1 unspecified atom stereocenters. The highest BCUT2D eigenvalue weighted by Crippen LogP contribution is 2.34. The zero-order chi connectivity index (χ0) is 13.8. The van der Waals surface area contributed by atoms with E-state index in [1.165, 1.54) is 12.8 Å². The molecule has 0 radical (unpaired) electrons. The van der Waals surface area contributed by atoms with E-state index < -0.39 is 0 Å². The molecule has 1 fully saturated rings. The Hall–Kier alpha value is -0.430. The van der Waals surface area contributed by atoms with Crippen molar-refractivity contribution in [2.45, 2.75) is 58.0 Å². The molecule has 106 valence electrons. The van der Waals surface area contributed by atoms with E-state index in [9.17, 15) is 4.79 Å². The van der Waals surface area contributed by atoms with Crippen LogP contribution in [0.4, 0.5) is 0 Å². The fourth-order valence-electron chi connectivity index (χ4n) is 2.71. The Balaban J connectivity index is 2.37. The summed E-state index contributed by atoms with van der Waals surface area (Å²) in [6.45, 7) is 4.64. The molecule has 0 saturated heterocycles. The maximum absolute atomic E-state index is 12.1. The molecule has 1 aliphatic carbocycles. The number of aromatic amines is 1. The minimum absolute atomic E-state index is 0.0225. The Labute approximate surface area is 127 Å². The van der Waals surface area contributed by atoms with E-state index >= 15 is 0 Å². The lowest BCUT2D eigenvalue weighted by molar-refractivity contribution is 0.0530. The van der Waals surface area contributed by atoms with Gasteiger partial charge in [0.1, 0.15) is 11.9 Å². The summed E-state index contributed by atoms with van der Waals surface area (Å²) in [7, 11) is 0. The Kier molecular flexibility index (Phi) is 5.38. The van der Waals surface area contributed by atoms with E-state index in [2.05, 4.69) is 27.6 Å². The molecule has 0 amide bonds. The third-order valence-corrected chi connectivity index (χ3v) is 4.73. The molecule has 4 nitrogen and oxygen atoms in total. The van der Waals surface area contributed by atoms with E-state index in [1.807, 2.05) is 13.8 Å². The molecule has 1 atom stereocenters. The molecular formula is C14H21IN2O2. The summed E-state index contributed by atoms with van der Waals surface area (Å²) in [5.74, 6) is 1.14. The van der Waals surface area contributed by atoms with E-state index in [1.54, 1.807) is 0 Å². The second-order valence-electron chi connectivity index (χ2n) is 4.98. The summed E-state index contributed by atoms with van der Waals surface area (Å²) >= 11 is 2.12. The van der Waals surface area contributed by atoms with Crippen LogP contribution in [0.2, 0.25) is 0 Å². The number of ether oxygens (including phenoxy) is 1. The van der Waals surface area contributed by atoms with Crippen LogP contribution in [0.5, 0.6) is 0 Å². The standard InChI is InChI=1S/C14H21IN2O2/c1-3-10(19-4-2)13-16-12(9-7-5-6-8-9)11(15)14(18)17-13/h9-10H,3-8H2,1-2H3,(H,16,17,18). The lowest BCUT2D eigenvalue weighted by atomic mass is 10.0. The topological polar surface area (TPSA) is 55.0 Å². The SMILES string of the molecule is CCOC(CC)c1nc(C2CCCC2)c(I)c(=O)[nH]1. The quantitative estimate of drug-likeness (QED) is 0.801. The van der Waals surface area contributed by atoms with Crippen molar-refractivity contribution in [3.05, 3.63) is 25.4 Å². The average molecular weight is 376 g/mol. The van der Waals surface area contributed by atoms with Gasteiger partial charge in [-0.25, -0.2) is 4.98 Å². The summed E-state index contributed by atoms with van der Waals surface area (Å²) in [5.41, 5.74) is 0.959. The van der Waals surface area contributed by atoms with Crippen molar-refractivity contribution in [3.8, 4) is 0 Å². The third kappa shape index (κ3) is 3.37. The van der Waals surface area contributed by atoms with Gasteiger partial charge in [-0.2, -0.15) is 0 Å². The first kappa shape index (κ1) is 15.0. The van der Waals surface area contributed by atoms with Gasteiger partial charge in [0.25, 0.3) is 5.56 Å². The van der Waals surface area contributed by atoms with Crippen LogP contribution >= 0.6 is 22.6 Å². The Morgan fingerprint density at radius 1 is 1.42 bits per heavy atom. The summed E-state index contributed by atoms with van der Waals surface area (Å²) in [6, 6.07) is 0. The molecule has 1 aromatic rings. The van der Waals surface area contributed by atoms with Gasteiger partial charge in [0.15, 0.2) is 0 Å². The van der Waals surface area contributed by atoms with Crippen LogP contribution in [0.1, 0.15) is 69.5 Å². The first-order chi connectivity index (χ1) is 9.17. The molecular weight excluding hydrogens is 355 g/mol. The van der Waals surface area contributed by atoms with Crippen molar-refractivity contribution in [1.29, 1.82) is 0 Å². The van der Waals surface area contributed by atoms with Gasteiger partial charge in [-0.1, -0.05) is 19.8 Å². The van der Waals surface area contributed by atoms with Gasteiger partial charge in [-0.3, -0.25) is 4.79 Å². The second kappa shape index (κ2) is 6.83. The first-order valence-electron chi connectivity index (χ1n) is 7.08. The maximum atomic E-state index is 12.1. The number of H-pyrrole nitrogens is 1. The van der Waals surface area contributed by atoms with Crippen LogP contribution in [0.15, 0.2) is 4.79 Å². The van der Waals surface area contributed by atoms with Gasteiger partial charge in [0.05, 0.1) is 9.26 Å². The van der Waals surface area contributed by atoms with Gasteiger partial charge in [0, 0.05) is 12.5 Å². The number of hydrogen-bond acceptors (Lipinski definition) is 3. The molecule has 1 saturated carbocycles. The van der Waals surface area contributed by atoms with Crippen molar-refractivity contribution in [3.63, 3.8) is 0 Å². The van der Waals surface area contributed by atoms with Crippen molar-refractivity contribution in [2.75, 3.05) is 6.61 Å². The second-order valence-corrected chi connectivity index (χ2v) is 6.06. The fourth-order valence-corrected chi connectivity index (χ4v) is 3.40. The zero-order valence-electron chi connectivity index (χ0n) is 11.5. The number of nitrogens with zero attached hydrogens (tertiary/aromatic N) is 1. The normalized spacial score (nSPS) is 17.8. The lowest BCUT2D eigenvalue weighted by Crippen LogP contribution is -2.22. The highest BCUT2D eigenvalue weighted by Gasteiger charge is 2.24. The summed E-state index contributed by atoms with van der Waals surface area (Å²) in [5, 5.41) is 0. The molecule has 1 heterocycles. The first-order valence-corrected chi connectivity index (χ1v) is 8.16. The Bertz CT molecular complexity index is 481. The van der Waals surface area contributed by atoms with Crippen LogP contribution in [-0.2, 0) is 4.74 Å². The smallest absolute Gasteiger partial charge is 0.264 e. The average Bonchev–Trinajstić information content (AvgIpc) is 2.93. The lowest BCUT2D eigenvalue weighted by Gasteiger charge is -2.17. The van der Waals surface area contributed by atoms with Crippen LogP contribution in [0.25, 0.3) is 0 Å². The van der Waals surface area contributed by atoms with Crippen molar-refractivity contribution in [2.24, 2.45) is 0 Å². The maximum Gasteiger partial charge on any atom is 0.264 e. The predicted molar refractivity (Wildman–Crippen MR) is 83.4 cm³/mol. The van der Waals surface area contributed by atoms with Crippen LogP contribution in [0.3, 0.4) is 0 Å². The highest BCUT2D eigenvalue weighted by molar-refractivity contribution is 14.1. The van der Waals surface area contributed by atoms with Crippen LogP contribution < -0.4 is 5.56 Å². The Morgan fingerprint density at radius 2 is 2.11 bits per heavy atom. The molecule has 2 rings (SSSR count). The monoisotopic (exact) mass is 376 g/mol. The molecule has 0 bridgehead atoms. The minimum atomic E-state index is -0.102. The van der Waals surface area contributed by atoms with Crippen LogP contribution in [0, 0.1) is 3.57 Å². The number of rotatable bonds is 5. The van der Waals surface area contributed by atoms with E-state index in [4.69, 9.17) is 9.72 Å². The molecule has 0 spiro atoms. The van der Waals surface area contributed by atoms with Crippen LogP contribution in [-0.4, -0.2) is 16.6 Å². The molecule has 5 heteroatoms. The number of aromatic nitrogens is 2. The van der Waals surface area contributed by atoms with E-state index in [0.29, 0.717) is 18.3 Å². The van der Waals surface area contributed by atoms with Crippen molar-refractivity contribution >= 4 is 22.6 Å². The predicted octanol–water partition coefficient (Wildman–Crippen LogP) is 3.52. The third-order valence-electron chi connectivity index (χ3n) is 3.69. The zero-order valence-corrected chi connectivity index (χ0v) is 13.7. The van der Waals surface area contributed by atoms with Crippen molar-refractivity contribution < 1.29 is 4.74 Å². The fraction of sp³-hybridized carbons (Fsp3) is 0.714.